The Labute approximate surface area is 140 Å². The molecule has 0 saturated carbocycles. The van der Waals surface area contributed by atoms with Crippen LogP contribution in [0.1, 0.15) is 38.2 Å². The van der Waals surface area contributed by atoms with E-state index in [9.17, 15) is 4.39 Å². The topological polar surface area (TPSA) is 12.0 Å². The zero-order valence-electron chi connectivity index (χ0n) is 12.7. The molecule has 1 aliphatic rings. The van der Waals surface area contributed by atoms with Crippen LogP contribution >= 0.6 is 27.7 Å². The third kappa shape index (κ3) is 6.29. The van der Waals surface area contributed by atoms with Gasteiger partial charge in [-0.1, -0.05) is 22.9 Å². The van der Waals surface area contributed by atoms with Crippen LogP contribution in [0.25, 0.3) is 0 Å². The summed E-state index contributed by atoms with van der Waals surface area (Å²) in [4.78, 5) is 0. The molecule has 0 amide bonds. The second-order valence-corrected chi connectivity index (χ2v) is 8.06. The lowest BCUT2D eigenvalue weighted by atomic mass is 9.91. The van der Waals surface area contributed by atoms with E-state index < -0.39 is 0 Å². The molecule has 1 saturated heterocycles. The lowest BCUT2D eigenvalue weighted by Crippen LogP contribution is -2.34. The largest absolute Gasteiger partial charge is 0.314 e. The van der Waals surface area contributed by atoms with Gasteiger partial charge >= 0.3 is 0 Å². The van der Waals surface area contributed by atoms with E-state index in [2.05, 4.69) is 39.9 Å². The third-order valence-electron chi connectivity index (χ3n) is 4.05. The van der Waals surface area contributed by atoms with Crippen LogP contribution in [0, 0.1) is 11.7 Å². The fourth-order valence-electron chi connectivity index (χ4n) is 2.99. The van der Waals surface area contributed by atoms with Gasteiger partial charge in [0.2, 0.25) is 0 Å². The summed E-state index contributed by atoms with van der Waals surface area (Å²) in [6.07, 6.45) is 5.95. The van der Waals surface area contributed by atoms with E-state index in [0.717, 1.165) is 35.3 Å². The summed E-state index contributed by atoms with van der Waals surface area (Å²) in [7, 11) is 0. The van der Waals surface area contributed by atoms with Crippen molar-refractivity contribution in [1.29, 1.82) is 0 Å². The molecule has 1 N–H and O–H groups in total. The van der Waals surface area contributed by atoms with Crippen molar-refractivity contribution in [3.05, 3.63) is 34.1 Å². The highest BCUT2D eigenvalue weighted by Crippen LogP contribution is 2.27. The summed E-state index contributed by atoms with van der Waals surface area (Å²) in [5, 5.41) is 3.66. The SMILES string of the molecule is CCCNC(Cc1cc(F)cc(Br)c1)CC1CCSCC1. The minimum atomic E-state index is -0.150. The molecule has 0 bridgehead atoms. The maximum Gasteiger partial charge on any atom is 0.124 e. The lowest BCUT2D eigenvalue weighted by molar-refractivity contribution is 0.362. The second-order valence-electron chi connectivity index (χ2n) is 5.92. The van der Waals surface area contributed by atoms with Crippen molar-refractivity contribution in [2.75, 3.05) is 18.1 Å². The second kappa shape index (κ2) is 9.16. The molecule has 4 heteroatoms. The molecular formula is C17H25BrFNS. The Morgan fingerprint density at radius 1 is 1.33 bits per heavy atom. The summed E-state index contributed by atoms with van der Waals surface area (Å²) in [5.74, 6) is 3.29. The zero-order chi connectivity index (χ0) is 15.1. The van der Waals surface area contributed by atoms with Gasteiger partial charge in [-0.3, -0.25) is 0 Å². The molecule has 0 radical (unpaired) electrons. The summed E-state index contributed by atoms with van der Waals surface area (Å²) in [5.41, 5.74) is 1.08. The molecule has 118 valence electrons. The van der Waals surface area contributed by atoms with E-state index in [1.807, 2.05) is 6.07 Å². The highest BCUT2D eigenvalue weighted by Gasteiger charge is 2.19. The number of nitrogens with one attached hydrogen (secondary N) is 1. The molecule has 1 aromatic rings. The number of hydrogen-bond acceptors (Lipinski definition) is 2. The van der Waals surface area contributed by atoms with Crippen molar-refractivity contribution in [2.45, 2.75) is 45.1 Å². The van der Waals surface area contributed by atoms with Crippen molar-refractivity contribution in [2.24, 2.45) is 5.92 Å². The Morgan fingerprint density at radius 2 is 2.10 bits per heavy atom. The van der Waals surface area contributed by atoms with Crippen molar-refractivity contribution in [3.63, 3.8) is 0 Å². The molecule has 0 aromatic heterocycles. The number of hydrogen-bond donors (Lipinski definition) is 1. The van der Waals surface area contributed by atoms with Crippen LogP contribution in [0.2, 0.25) is 0 Å². The van der Waals surface area contributed by atoms with Crippen molar-refractivity contribution >= 4 is 27.7 Å². The van der Waals surface area contributed by atoms with Crippen LogP contribution in [-0.2, 0) is 6.42 Å². The average molecular weight is 374 g/mol. The molecule has 21 heavy (non-hydrogen) atoms. The van der Waals surface area contributed by atoms with Crippen LogP contribution in [0.4, 0.5) is 4.39 Å². The van der Waals surface area contributed by atoms with Gasteiger partial charge in [0.1, 0.15) is 5.82 Å². The van der Waals surface area contributed by atoms with E-state index in [1.54, 1.807) is 6.07 Å². The summed E-state index contributed by atoms with van der Waals surface area (Å²) in [6, 6.07) is 5.70. The molecule has 0 spiro atoms. The minimum absolute atomic E-state index is 0.150. The Hall–Kier alpha value is -0.0600. The van der Waals surface area contributed by atoms with Gasteiger partial charge in [0, 0.05) is 10.5 Å². The van der Waals surface area contributed by atoms with Gasteiger partial charge < -0.3 is 5.32 Å². The predicted octanol–water partition coefficient (Wildman–Crippen LogP) is 5.03. The summed E-state index contributed by atoms with van der Waals surface area (Å²) >= 11 is 5.47. The molecule has 0 aliphatic carbocycles. The first-order chi connectivity index (χ1) is 10.2. The van der Waals surface area contributed by atoms with Crippen LogP contribution in [0.3, 0.4) is 0 Å². The lowest BCUT2D eigenvalue weighted by Gasteiger charge is -2.27. The maximum absolute atomic E-state index is 13.5. The maximum atomic E-state index is 13.5. The minimum Gasteiger partial charge on any atom is -0.314 e. The van der Waals surface area contributed by atoms with Gasteiger partial charge in [0.05, 0.1) is 0 Å². The first-order valence-corrected chi connectivity index (χ1v) is 9.88. The predicted molar refractivity (Wildman–Crippen MR) is 94.6 cm³/mol. The van der Waals surface area contributed by atoms with Crippen molar-refractivity contribution in [3.8, 4) is 0 Å². The fourth-order valence-corrected chi connectivity index (χ4v) is 4.70. The Morgan fingerprint density at radius 3 is 2.76 bits per heavy atom. The monoisotopic (exact) mass is 373 g/mol. The average Bonchev–Trinajstić information content (AvgIpc) is 2.45. The molecular weight excluding hydrogens is 349 g/mol. The molecule has 1 fully saturated rings. The van der Waals surface area contributed by atoms with Gasteiger partial charge in [0.25, 0.3) is 0 Å². The first kappa shape index (κ1) is 17.3. The van der Waals surface area contributed by atoms with E-state index in [1.165, 1.54) is 36.8 Å². The van der Waals surface area contributed by atoms with Crippen molar-refractivity contribution < 1.29 is 4.39 Å². The van der Waals surface area contributed by atoms with Crippen LogP contribution in [-0.4, -0.2) is 24.1 Å². The molecule has 1 heterocycles. The molecule has 1 unspecified atom stereocenters. The molecule has 1 aromatic carbocycles. The highest BCUT2D eigenvalue weighted by atomic mass is 79.9. The number of rotatable bonds is 7. The Balaban J connectivity index is 1.97. The smallest absolute Gasteiger partial charge is 0.124 e. The van der Waals surface area contributed by atoms with Crippen LogP contribution in [0.15, 0.2) is 22.7 Å². The summed E-state index contributed by atoms with van der Waals surface area (Å²) < 4.78 is 14.4. The standard InChI is InChI=1S/C17H25BrFNS/c1-2-5-20-17(10-13-3-6-21-7-4-13)11-14-8-15(18)12-16(19)9-14/h8-9,12-13,17,20H,2-7,10-11H2,1H3. The van der Waals surface area contributed by atoms with Crippen LogP contribution < -0.4 is 5.32 Å². The van der Waals surface area contributed by atoms with E-state index in [0.29, 0.717) is 6.04 Å². The van der Waals surface area contributed by atoms with E-state index >= 15 is 0 Å². The third-order valence-corrected chi connectivity index (χ3v) is 5.55. The quantitative estimate of drug-likeness (QED) is 0.718. The van der Waals surface area contributed by atoms with Gasteiger partial charge in [-0.15, -0.1) is 0 Å². The molecule has 1 aliphatic heterocycles. The van der Waals surface area contributed by atoms with Crippen molar-refractivity contribution in [1.82, 2.24) is 5.32 Å². The first-order valence-electron chi connectivity index (χ1n) is 7.93. The summed E-state index contributed by atoms with van der Waals surface area (Å²) in [6.45, 7) is 3.24. The Kier molecular flexibility index (Phi) is 7.55. The van der Waals surface area contributed by atoms with Gasteiger partial charge in [-0.2, -0.15) is 11.8 Å². The van der Waals surface area contributed by atoms with Crippen LogP contribution in [0.5, 0.6) is 0 Å². The normalized spacial score (nSPS) is 17.9. The highest BCUT2D eigenvalue weighted by molar-refractivity contribution is 9.10. The number of benzene rings is 1. The van der Waals surface area contributed by atoms with Gasteiger partial charge in [-0.05, 0) is 79.8 Å². The van der Waals surface area contributed by atoms with Gasteiger partial charge in [-0.25, -0.2) is 4.39 Å². The van der Waals surface area contributed by atoms with E-state index in [-0.39, 0.29) is 5.82 Å². The molecule has 1 nitrogen and oxygen atoms in total. The number of thioether (sulfide) groups is 1. The van der Waals surface area contributed by atoms with Gasteiger partial charge in [0.15, 0.2) is 0 Å². The number of halogens is 2. The fraction of sp³-hybridized carbons (Fsp3) is 0.647. The molecule has 1 atom stereocenters. The van der Waals surface area contributed by atoms with E-state index in [4.69, 9.17) is 0 Å². The Bertz CT molecular complexity index is 415. The zero-order valence-corrected chi connectivity index (χ0v) is 15.1. The molecule has 2 rings (SSSR count).